The molecule has 0 saturated carbocycles. The summed E-state index contributed by atoms with van der Waals surface area (Å²) in [6, 6.07) is 0. The molecule has 0 aliphatic carbocycles. The molecule has 2 N–H and O–H groups in total. The Morgan fingerprint density at radius 3 is 2.77 bits per heavy atom. The molecule has 1 saturated heterocycles. The molecule has 1 unspecified atom stereocenters. The van der Waals surface area contributed by atoms with Gasteiger partial charge in [0, 0.05) is 0 Å². The molecule has 1 aliphatic rings. The molecule has 13 heavy (non-hydrogen) atoms. The fourth-order valence-corrected chi connectivity index (χ4v) is 3.10. The predicted molar refractivity (Wildman–Crippen MR) is 51.3 cm³/mol. The summed E-state index contributed by atoms with van der Waals surface area (Å²) in [7, 11) is -3.02. The second-order valence-electron chi connectivity index (χ2n) is 3.55. The maximum Gasteiger partial charge on any atom is 0.152 e. The van der Waals surface area contributed by atoms with Gasteiger partial charge in [-0.3, -0.25) is 0 Å². The van der Waals surface area contributed by atoms with Crippen molar-refractivity contribution < 1.29 is 13.5 Å². The third-order valence-electron chi connectivity index (χ3n) is 2.29. The third kappa shape index (κ3) is 4.06. The van der Waals surface area contributed by atoms with Crippen molar-refractivity contribution in [1.82, 2.24) is 5.32 Å². The molecule has 1 rings (SSSR count). The Morgan fingerprint density at radius 1 is 1.46 bits per heavy atom. The van der Waals surface area contributed by atoms with Gasteiger partial charge in [0.05, 0.1) is 18.1 Å². The number of hydrogen-bond acceptors (Lipinski definition) is 4. The van der Waals surface area contributed by atoms with E-state index in [2.05, 4.69) is 5.32 Å². The number of piperidine rings is 1. The topological polar surface area (TPSA) is 66.4 Å². The van der Waals surface area contributed by atoms with Crippen LogP contribution in [0.2, 0.25) is 0 Å². The minimum Gasteiger partial charge on any atom is -0.395 e. The molecule has 0 aromatic rings. The number of aliphatic hydroxyl groups is 1. The summed E-state index contributed by atoms with van der Waals surface area (Å²) in [4.78, 5) is 0. The lowest BCUT2D eigenvalue weighted by atomic mass is 10.0. The summed E-state index contributed by atoms with van der Waals surface area (Å²) in [5, 5.41) is 11.7. The van der Waals surface area contributed by atoms with Crippen molar-refractivity contribution in [2.45, 2.75) is 12.8 Å². The van der Waals surface area contributed by atoms with E-state index in [0.29, 0.717) is 0 Å². The Balaban J connectivity index is 2.37. The van der Waals surface area contributed by atoms with Crippen LogP contribution in [0.15, 0.2) is 0 Å². The molecular weight excluding hydrogens is 190 g/mol. The highest BCUT2D eigenvalue weighted by atomic mass is 32.2. The van der Waals surface area contributed by atoms with Crippen LogP contribution in [0.3, 0.4) is 0 Å². The van der Waals surface area contributed by atoms with Gasteiger partial charge >= 0.3 is 0 Å². The highest BCUT2D eigenvalue weighted by molar-refractivity contribution is 7.91. The standard InChI is InChI=1S/C8H17NO3S/c10-4-5-13(11,12)7-8-2-1-3-9-6-8/h8-10H,1-7H2. The molecule has 1 fully saturated rings. The smallest absolute Gasteiger partial charge is 0.152 e. The van der Waals surface area contributed by atoms with Gasteiger partial charge in [0.15, 0.2) is 9.84 Å². The van der Waals surface area contributed by atoms with Gasteiger partial charge < -0.3 is 10.4 Å². The van der Waals surface area contributed by atoms with Crippen molar-refractivity contribution in [3.63, 3.8) is 0 Å². The van der Waals surface area contributed by atoms with Crippen molar-refractivity contribution in [1.29, 1.82) is 0 Å². The summed E-state index contributed by atoms with van der Waals surface area (Å²) in [6.45, 7) is 1.53. The van der Waals surface area contributed by atoms with Gasteiger partial charge in [-0.25, -0.2) is 8.42 Å². The first kappa shape index (κ1) is 10.9. The number of nitrogens with one attached hydrogen (secondary N) is 1. The van der Waals surface area contributed by atoms with Crippen LogP contribution in [0.5, 0.6) is 0 Å². The van der Waals surface area contributed by atoms with Crippen molar-refractivity contribution in [2.75, 3.05) is 31.2 Å². The largest absolute Gasteiger partial charge is 0.395 e. The van der Waals surface area contributed by atoms with E-state index in [1.807, 2.05) is 0 Å². The molecular formula is C8H17NO3S. The van der Waals surface area contributed by atoms with Crippen molar-refractivity contribution in [2.24, 2.45) is 5.92 Å². The zero-order valence-electron chi connectivity index (χ0n) is 7.70. The molecule has 1 aliphatic heterocycles. The Kier molecular flexibility index (Phi) is 4.15. The van der Waals surface area contributed by atoms with E-state index in [1.165, 1.54) is 0 Å². The maximum atomic E-state index is 11.3. The molecule has 0 aromatic carbocycles. The van der Waals surface area contributed by atoms with Gasteiger partial charge in [-0.2, -0.15) is 0 Å². The third-order valence-corrected chi connectivity index (χ3v) is 4.07. The van der Waals surface area contributed by atoms with Crippen molar-refractivity contribution in [3.8, 4) is 0 Å². The molecule has 0 radical (unpaired) electrons. The van der Waals surface area contributed by atoms with Crippen LogP contribution in [-0.4, -0.2) is 44.7 Å². The first-order chi connectivity index (χ1) is 6.14. The summed E-state index contributed by atoms with van der Waals surface area (Å²) in [5.41, 5.74) is 0. The van der Waals surface area contributed by atoms with Crippen LogP contribution in [0.25, 0.3) is 0 Å². The van der Waals surface area contributed by atoms with Crippen molar-refractivity contribution >= 4 is 9.84 Å². The molecule has 1 atom stereocenters. The number of sulfone groups is 1. The summed E-state index contributed by atoms with van der Waals surface area (Å²) >= 11 is 0. The van der Waals surface area contributed by atoms with Crippen LogP contribution < -0.4 is 5.32 Å². The Hall–Kier alpha value is -0.130. The number of hydrogen-bond donors (Lipinski definition) is 2. The van der Waals surface area contributed by atoms with Crippen LogP contribution >= 0.6 is 0 Å². The quantitative estimate of drug-likeness (QED) is 0.645. The van der Waals surface area contributed by atoms with Gasteiger partial charge in [0.2, 0.25) is 0 Å². The van der Waals surface area contributed by atoms with E-state index < -0.39 is 9.84 Å². The minimum atomic E-state index is -3.02. The Morgan fingerprint density at radius 2 is 2.23 bits per heavy atom. The van der Waals surface area contributed by atoms with E-state index in [-0.39, 0.29) is 24.0 Å². The highest BCUT2D eigenvalue weighted by Gasteiger charge is 2.20. The second-order valence-corrected chi connectivity index (χ2v) is 5.78. The van der Waals surface area contributed by atoms with Gasteiger partial charge in [-0.05, 0) is 31.8 Å². The Labute approximate surface area is 79.3 Å². The predicted octanol–water partition coefficient (Wildman–Crippen LogP) is -0.607. The van der Waals surface area contributed by atoms with Gasteiger partial charge in [0.25, 0.3) is 0 Å². The SMILES string of the molecule is O=S(=O)(CCO)CC1CCCNC1. The normalized spacial score (nSPS) is 24.5. The molecule has 78 valence electrons. The lowest BCUT2D eigenvalue weighted by molar-refractivity contribution is 0.319. The summed E-state index contributed by atoms with van der Waals surface area (Å²) in [6.07, 6.45) is 2.04. The van der Waals surface area contributed by atoms with Crippen LogP contribution in [0.1, 0.15) is 12.8 Å². The van der Waals surface area contributed by atoms with Crippen LogP contribution in [0.4, 0.5) is 0 Å². The van der Waals surface area contributed by atoms with Gasteiger partial charge in [0.1, 0.15) is 0 Å². The van der Waals surface area contributed by atoms with Gasteiger partial charge in [-0.15, -0.1) is 0 Å². The van der Waals surface area contributed by atoms with Crippen LogP contribution in [0, 0.1) is 5.92 Å². The summed E-state index contributed by atoms with van der Waals surface area (Å²) < 4.78 is 22.6. The lowest BCUT2D eigenvalue weighted by Crippen LogP contribution is -2.34. The van der Waals surface area contributed by atoms with E-state index in [4.69, 9.17) is 5.11 Å². The number of rotatable bonds is 4. The molecule has 0 spiro atoms. The van der Waals surface area contributed by atoms with E-state index in [1.54, 1.807) is 0 Å². The van der Waals surface area contributed by atoms with Crippen molar-refractivity contribution in [3.05, 3.63) is 0 Å². The van der Waals surface area contributed by atoms with E-state index in [9.17, 15) is 8.42 Å². The molecule has 5 heteroatoms. The molecule has 1 heterocycles. The second kappa shape index (κ2) is 4.93. The molecule has 0 aromatic heterocycles. The fourth-order valence-electron chi connectivity index (χ4n) is 1.65. The molecule has 0 amide bonds. The van der Waals surface area contributed by atoms with E-state index in [0.717, 1.165) is 25.9 Å². The fraction of sp³-hybridized carbons (Fsp3) is 1.00. The van der Waals surface area contributed by atoms with Crippen LogP contribution in [-0.2, 0) is 9.84 Å². The average Bonchev–Trinajstić information content (AvgIpc) is 2.04. The number of aliphatic hydroxyl groups excluding tert-OH is 1. The minimum absolute atomic E-state index is 0.0937. The van der Waals surface area contributed by atoms with Gasteiger partial charge in [-0.1, -0.05) is 0 Å². The molecule has 0 bridgehead atoms. The highest BCUT2D eigenvalue weighted by Crippen LogP contribution is 2.12. The van der Waals surface area contributed by atoms with E-state index >= 15 is 0 Å². The first-order valence-electron chi connectivity index (χ1n) is 4.66. The zero-order chi connectivity index (χ0) is 9.73. The zero-order valence-corrected chi connectivity index (χ0v) is 8.52. The monoisotopic (exact) mass is 207 g/mol. The summed E-state index contributed by atoms with van der Waals surface area (Å²) in [5.74, 6) is 0.370. The average molecular weight is 207 g/mol. The maximum absolute atomic E-state index is 11.3. The first-order valence-corrected chi connectivity index (χ1v) is 6.48. The molecule has 4 nitrogen and oxygen atoms in total. The Bertz CT molecular complexity index is 232. The lowest BCUT2D eigenvalue weighted by Gasteiger charge is -2.22.